The number of rotatable bonds is 6. The van der Waals surface area contributed by atoms with Crippen molar-refractivity contribution in [1.29, 1.82) is 0 Å². The fraction of sp³-hybridized carbons (Fsp3) is 0.417. The number of carboxylic acid groups (broad SMARTS) is 1. The van der Waals surface area contributed by atoms with E-state index >= 15 is 0 Å². The molecule has 0 aliphatic carbocycles. The summed E-state index contributed by atoms with van der Waals surface area (Å²) in [6, 6.07) is 6.94. The van der Waals surface area contributed by atoms with Crippen LogP contribution in [0.1, 0.15) is 5.56 Å². The van der Waals surface area contributed by atoms with Crippen molar-refractivity contribution in [2.24, 2.45) is 5.92 Å². The molecule has 1 aromatic carbocycles. The van der Waals surface area contributed by atoms with Gasteiger partial charge in [0.15, 0.2) is 0 Å². The Balaban J connectivity index is 2.56. The van der Waals surface area contributed by atoms with E-state index in [1.165, 1.54) is 0 Å². The third-order valence-electron chi connectivity index (χ3n) is 2.31. The summed E-state index contributed by atoms with van der Waals surface area (Å²) in [6.45, 7) is -1.91. The second-order valence-corrected chi connectivity index (χ2v) is 4.92. The zero-order valence-electron chi connectivity index (χ0n) is 9.78. The number of carbonyl (C=O) groups is 1. The Morgan fingerprint density at radius 3 is 2.63 bits per heavy atom. The Labute approximate surface area is 116 Å². The Morgan fingerprint density at radius 1 is 1.42 bits per heavy atom. The lowest BCUT2D eigenvalue weighted by molar-refractivity contribution is -0.179. The number of halogens is 4. The monoisotopic (exact) mass is 340 g/mol. The highest BCUT2D eigenvalue weighted by Gasteiger charge is 2.29. The summed E-state index contributed by atoms with van der Waals surface area (Å²) in [7, 11) is 0. The van der Waals surface area contributed by atoms with Crippen LogP contribution in [0.4, 0.5) is 13.2 Å². The molecule has 19 heavy (non-hydrogen) atoms. The van der Waals surface area contributed by atoms with E-state index in [1.54, 1.807) is 24.3 Å². The number of hydrogen-bond acceptors (Lipinski definition) is 2. The summed E-state index contributed by atoms with van der Waals surface area (Å²) in [6.07, 6.45) is -4.33. The lowest BCUT2D eigenvalue weighted by Gasteiger charge is -2.14. The minimum atomic E-state index is -4.45. The number of hydrogen-bond donors (Lipinski definition) is 1. The average molecular weight is 341 g/mol. The molecule has 1 rings (SSSR count). The van der Waals surface area contributed by atoms with Gasteiger partial charge >= 0.3 is 12.1 Å². The summed E-state index contributed by atoms with van der Waals surface area (Å²) >= 11 is 3.24. The molecule has 1 N–H and O–H groups in total. The zero-order chi connectivity index (χ0) is 14.5. The van der Waals surface area contributed by atoms with Crippen LogP contribution in [-0.4, -0.2) is 30.5 Å². The van der Waals surface area contributed by atoms with E-state index in [2.05, 4.69) is 20.7 Å². The zero-order valence-corrected chi connectivity index (χ0v) is 11.4. The highest BCUT2D eigenvalue weighted by atomic mass is 79.9. The van der Waals surface area contributed by atoms with Gasteiger partial charge in [-0.2, -0.15) is 13.2 Å². The fourth-order valence-electron chi connectivity index (χ4n) is 1.48. The molecule has 3 nitrogen and oxygen atoms in total. The largest absolute Gasteiger partial charge is 0.481 e. The predicted octanol–water partition coefficient (Wildman–Crippen LogP) is 3.27. The predicted molar refractivity (Wildman–Crippen MR) is 65.8 cm³/mol. The van der Waals surface area contributed by atoms with Gasteiger partial charge in [-0.15, -0.1) is 0 Å². The number of alkyl halides is 3. The van der Waals surface area contributed by atoms with E-state index in [1.807, 2.05) is 0 Å². The van der Waals surface area contributed by atoms with Crippen molar-refractivity contribution in [2.45, 2.75) is 12.6 Å². The third kappa shape index (κ3) is 6.58. The minimum Gasteiger partial charge on any atom is -0.481 e. The van der Waals surface area contributed by atoms with Crippen LogP contribution in [0.5, 0.6) is 0 Å². The van der Waals surface area contributed by atoms with Crippen molar-refractivity contribution in [3.63, 3.8) is 0 Å². The topological polar surface area (TPSA) is 46.5 Å². The molecule has 0 heterocycles. The molecule has 1 aromatic rings. The maximum absolute atomic E-state index is 11.9. The Kier molecular flexibility index (Phi) is 5.81. The van der Waals surface area contributed by atoms with Gasteiger partial charge in [-0.25, -0.2) is 0 Å². The first-order valence-corrected chi connectivity index (χ1v) is 6.19. The van der Waals surface area contributed by atoms with Crippen molar-refractivity contribution in [3.8, 4) is 0 Å². The number of aliphatic carboxylic acids is 1. The van der Waals surface area contributed by atoms with E-state index in [4.69, 9.17) is 5.11 Å². The first-order valence-electron chi connectivity index (χ1n) is 5.39. The van der Waals surface area contributed by atoms with Gasteiger partial charge < -0.3 is 9.84 Å². The molecule has 0 aliphatic rings. The molecular formula is C12H12BrF3O3. The van der Waals surface area contributed by atoms with Crippen LogP contribution in [-0.2, 0) is 16.0 Å². The molecule has 0 spiro atoms. The minimum absolute atomic E-state index is 0.118. The maximum atomic E-state index is 11.9. The highest BCUT2D eigenvalue weighted by Crippen LogP contribution is 2.18. The lowest BCUT2D eigenvalue weighted by Crippen LogP contribution is -2.26. The van der Waals surface area contributed by atoms with Crippen molar-refractivity contribution < 1.29 is 27.8 Å². The van der Waals surface area contributed by atoms with Crippen molar-refractivity contribution in [3.05, 3.63) is 34.3 Å². The SMILES string of the molecule is O=C(O)C(COCC(F)(F)F)Cc1cccc(Br)c1. The van der Waals surface area contributed by atoms with E-state index in [9.17, 15) is 18.0 Å². The number of carboxylic acids is 1. The second kappa shape index (κ2) is 6.91. The quantitative estimate of drug-likeness (QED) is 0.864. The van der Waals surface area contributed by atoms with Gasteiger partial charge in [0.25, 0.3) is 0 Å². The van der Waals surface area contributed by atoms with Crippen LogP contribution < -0.4 is 0 Å². The van der Waals surface area contributed by atoms with E-state index in [0.29, 0.717) is 0 Å². The van der Waals surface area contributed by atoms with Crippen LogP contribution in [0.2, 0.25) is 0 Å². The molecule has 0 fully saturated rings. The lowest BCUT2D eigenvalue weighted by atomic mass is 10.0. The van der Waals surface area contributed by atoms with E-state index in [-0.39, 0.29) is 6.42 Å². The van der Waals surface area contributed by atoms with Crippen LogP contribution in [0.25, 0.3) is 0 Å². The van der Waals surface area contributed by atoms with Crippen LogP contribution in [0.3, 0.4) is 0 Å². The molecular weight excluding hydrogens is 329 g/mol. The Bertz CT molecular complexity index is 434. The standard InChI is InChI=1S/C12H12BrF3O3/c13-10-3-1-2-8(5-10)4-9(11(17)18)6-19-7-12(14,15)16/h1-3,5,9H,4,6-7H2,(H,17,18). The molecule has 0 aliphatic heterocycles. The number of ether oxygens (including phenoxy) is 1. The Hall–Kier alpha value is -1.08. The highest BCUT2D eigenvalue weighted by molar-refractivity contribution is 9.10. The molecule has 0 saturated heterocycles. The normalized spacial score (nSPS) is 13.3. The summed E-state index contributed by atoms with van der Waals surface area (Å²) in [5, 5.41) is 8.96. The molecule has 1 atom stereocenters. The first-order chi connectivity index (χ1) is 8.78. The van der Waals surface area contributed by atoms with Crippen LogP contribution in [0.15, 0.2) is 28.7 Å². The second-order valence-electron chi connectivity index (χ2n) is 4.00. The van der Waals surface area contributed by atoms with Gasteiger partial charge in [-0.1, -0.05) is 28.1 Å². The molecule has 0 radical (unpaired) electrons. The van der Waals surface area contributed by atoms with Crippen LogP contribution in [0, 0.1) is 5.92 Å². The smallest absolute Gasteiger partial charge is 0.411 e. The fourth-order valence-corrected chi connectivity index (χ4v) is 1.93. The molecule has 1 unspecified atom stereocenters. The summed E-state index contributed by atoms with van der Waals surface area (Å²) in [5.41, 5.74) is 0.720. The van der Waals surface area contributed by atoms with Crippen molar-refractivity contribution in [1.82, 2.24) is 0 Å². The maximum Gasteiger partial charge on any atom is 0.411 e. The van der Waals surface area contributed by atoms with Gasteiger partial charge in [0.05, 0.1) is 12.5 Å². The van der Waals surface area contributed by atoms with Gasteiger partial charge in [0.2, 0.25) is 0 Å². The molecule has 7 heteroatoms. The van der Waals surface area contributed by atoms with E-state index < -0.39 is 31.3 Å². The van der Waals surface area contributed by atoms with Gasteiger partial charge in [0.1, 0.15) is 6.61 Å². The third-order valence-corrected chi connectivity index (χ3v) is 2.80. The molecule has 106 valence electrons. The molecule has 0 aromatic heterocycles. The van der Waals surface area contributed by atoms with Gasteiger partial charge in [-0.3, -0.25) is 4.79 Å². The molecule has 0 amide bonds. The van der Waals surface area contributed by atoms with Crippen molar-refractivity contribution >= 4 is 21.9 Å². The summed E-state index contributed by atoms with van der Waals surface area (Å²) in [4.78, 5) is 11.0. The summed E-state index contributed by atoms with van der Waals surface area (Å²) < 4.78 is 40.9. The van der Waals surface area contributed by atoms with E-state index in [0.717, 1.165) is 10.0 Å². The molecule has 0 saturated carbocycles. The Morgan fingerprint density at radius 2 is 2.11 bits per heavy atom. The van der Waals surface area contributed by atoms with Crippen molar-refractivity contribution in [2.75, 3.05) is 13.2 Å². The van der Waals surface area contributed by atoms with Crippen LogP contribution >= 0.6 is 15.9 Å². The van der Waals surface area contributed by atoms with Gasteiger partial charge in [-0.05, 0) is 24.1 Å². The average Bonchev–Trinajstić information content (AvgIpc) is 2.26. The number of benzene rings is 1. The molecule has 0 bridgehead atoms. The summed E-state index contributed by atoms with van der Waals surface area (Å²) in [5.74, 6) is -2.18. The van der Waals surface area contributed by atoms with Gasteiger partial charge in [0, 0.05) is 4.47 Å². The first kappa shape index (κ1) is 16.0.